The van der Waals surface area contributed by atoms with Crippen molar-refractivity contribution in [1.82, 2.24) is 0 Å². The van der Waals surface area contributed by atoms with Gasteiger partial charge in [0.05, 0.1) is 7.11 Å². The molecule has 19 heavy (non-hydrogen) atoms. The Morgan fingerprint density at radius 2 is 2.05 bits per heavy atom. The lowest BCUT2D eigenvalue weighted by atomic mass is 10.0. The molecule has 0 saturated heterocycles. The Morgan fingerprint density at radius 1 is 1.26 bits per heavy atom. The molecule has 0 atom stereocenters. The fourth-order valence-electron chi connectivity index (χ4n) is 1.82. The van der Waals surface area contributed by atoms with Crippen molar-refractivity contribution in [2.45, 2.75) is 6.42 Å². The van der Waals surface area contributed by atoms with Crippen LogP contribution in [0.5, 0.6) is 5.75 Å². The van der Waals surface area contributed by atoms with Crippen molar-refractivity contribution < 1.29 is 9.53 Å². The third-order valence-corrected chi connectivity index (χ3v) is 3.47. The minimum atomic E-state index is 0.0295. The molecule has 2 aromatic carbocycles. The maximum Gasteiger partial charge on any atom is 0.167 e. The second-order valence-corrected chi connectivity index (χ2v) is 5.42. The lowest BCUT2D eigenvalue weighted by Crippen LogP contribution is -2.05. The molecule has 0 N–H and O–H groups in total. The van der Waals surface area contributed by atoms with Crippen LogP contribution in [0.4, 0.5) is 0 Å². The summed E-state index contributed by atoms with van der Waals surface area (Å²) in [4.78, 5) is 12.2. The van der Waals surface area contributed by atoms with E-state index in [2.05, 4.69) is 15.9 Å². The van der Waals surface area contributed by atoms with Crippen LogP contribution in [0, 0.1) is 0 Å². The molecule has 0 saturated carbocycles. The van der Waals surface area contributed by atoms with E-state index >= 15 is 0 Å². The number of benzene rings is 2. The van der Waals surface area contributed by atoms with Crippen molar-refractivity contribution >= 4 is 33.3 Å². The molecule has 0 unspecified atom stereocenters. The van der Waals surface area contributed by atoms with Crippen LogP contribution in [-0.2, 0) is 6.42 Å². The van der Waals surface area contributed by atoms with Crippen LogP contribution in [-0.4, -0.2) is 12.9 Å². The third-order valence-electron chi connectivity index (χ3n) is 2.74. The molecule has 0 heterocycles. The molecule has 0 bridgehead atoms. The summed E-state index contributed by atoms with van der Waals surface area (Å²) in [6.45, 7) is 0. The highest BCUT2D eigenvalue weighted by molar-refractivity contribution is 9.10. The summed E-state index contributed by atoms with van der Waals surface area (Å²) in [5.41, 5.74) is 1.45. The fourth-order valence-corrected chi connectivity index (χ4v) is 2.42. The quantitative estimate of drug-likeness (QED) is 0.765. The number of halogens is 2. The van der Waals surface area contributed by atoms with E-state index in [1.54, 1.807) is 37.4 Å². The van der Waals surface area contributed by atoms with Crippen LogP contribution < -0.4 is 4.74 Å². The standard InChI is InChI=1S/C15H12BrClO2/c1-19-15-6-5-13(17)8-11(15)9-14(18)10-3-2-4-12(16)7-10/h2-8H,9H2,1H3. The van der Waals surface area contributed by atoms with Gasteiger partial charge in [0.15, 0.2) is 5.78 Å². The van der Waals surface area contributed by atoms with Gasteiger partial charge in [0.25, 0.3) is 0 Å². The second kappa shape index (κ2) is 6.22. The number of methoxy groups -OCH3 is 1. The SMILES string of the molecule is COc1ccc(Cl)cc1CC(=O)c1cccc(Br)c1. The smallest absolute Gasteiger partial charge is 0.167 e. The Kier molecular flexibility index (Phi) is 4.61. The number of ether oxygens (including phenoxy) is 1. The predicted molar refractivity (Wildman–Crippen MR) is 80.2 cm³/mol. The molecule has 0 fully saturated rings. The molecule has 0 radical (unpaired) electrons. The Bertz CT molecular complexity index is 611. The minimum absolute atomic E-state index is 0.0295. The van der Waals surface area contributed by atoms with Gasteiger partial charge in [-0.05, 0) is 30.3 Å². The van der Waals surface area contributed by atoms with Crippen molar-refractivity contribution in [3.05, 3.63) is 63.1 Å². The van der Waals surface area contributed by atoms with Gasteiger partial charge in [0.2, 0.25) is 0 Å². The number of carbonyl (C=O) groups is 1. The zero-order valence-corrected chi connectivity index (χ0v) is 12.7. The summed E-state index contributed by atoms with van der Waals surface area (Å²) >= 11 is 9.31. The first-order valence-electron chi connectivity index (χ1n) is 5.71. The van der Waals surface area contributed by atoms with E-state index in [1.807, 2.05) is 12.1 Å². The van der Waals surface area contributed by atoms with Gasteiger partial charge in [-0.2, -0.15) is 0 Å². The first kappa shape index (κ1) is 14.1. The highest BCUT2D eigenvalue weighted by Gasteiger charge is 2.11. The summed E-state index contributed by atoms with van der Waals surface area (Å²) < 4.78 is 6.13. The van der Waals surface area contributed by atoms with Crippen LogP contribution in [0.15, 0.2) is 46.9 Å². The van der Waals surface area contributed by atoms with Gasteiger partial charge in [0, 0.05) is 27.0 Å². The van der Waals surface area contributed by atoms with E-state index < -0.39 is 0 Å². The normalized spacial score (nSPS) is 10.3. The molecule has 4 heteroatoms. The van der Waals surface area contributed by atoms with E-state index in [-0.39, 0.29) is 12.2 Å². The van der Waals surface area contributed by atoms with Crippen LogP contribution in [0.2, 0.25) is 5.02 Å². The van der Waals surface area contributed by atoms with Gasteiger partial charge in [0.1, 0.15) is 5.75 Å². The first-order chi connectivity index (χ1) is 9.10. The van der Waals surface area contributed by atoms with E-state index in [0.717, 1.165) is 10.0 Å². The first-order valence-corrected chi connectivity index (χ1v) is 6.88. The van der Waals surface area contributed by atoms with Crippen LogP contribution in [0.3, 0.4) is 0 Å². The van der Waals surface area contributed by atoms with Crippen LogP contribution in [0.25, 0.3) is 0 Å². The highest BCUT2D eigenvalue weighted by atomic mass is 79.9. The molecular formula is C15H12BrClO2. The Labute approximate surface area is 125 Å². The fraction of sp³-hybridized carbons (Fsp3) is 0.133. The molecule has 0 aliphatic heterocycles. The molecule has 2 aromatic rings. The minimum Gasteiger partial charge on any atom is -0.496 e. The lowest BCUT2D eigenvalue weighted by Gasteiger charge is -2.08. The molecule has 0 spiro atoms. The van der Waals surface area contributed by atoms with Crippen molar-refractivity contribution in [1.29, 1.82) is 0 Å². The number of hydrogen-bond acceptors (Lipinski definition) is 2. The van der Waals surface area contributed by atoms with Gasteiger partial charge in [-0.1, -0.05) is 39.7 Å². The average Bonchev–Trinajstić information content (AvgIpc) is 2.39. The monoisotopic (exact) mass is 338 g/mol. The molecular weight excluding hydrogens is 328 g/mol. The summed E-state index contributed by atoms with van der Waals surface area (Å²) in [5, 5.41) is 0.595. The summed E-state index contributed by atoms with van der Waals surface area (Å²) in [6.07, 6.45) is 0.264. The molecule has 2 nitrogen and oxygen atoms in total. The maximum absolute atomic E-state index is 12.2. The number of carbonyl (C=O) groups excluding carboxylic acids is 1. The third kappa shape index (κ3) is 3.58. The molecule has 0 aliphatic carbocycles. The predicted octanol–water partition coefficient (Wildman–Crippen LogP) is 4.54. The number of rotatable bonds is 4. The van der Waals surface area contributed by atoms with E-state index in [1.165, 1.54) is 0 Å². The zero-order chi connectivity index (χ0) is 13.8. The van der Waals surface area contributed by atoms with Gasteiger partial charge in [-0.3, -0.25) is 4.79 Å². The largest absolute Gasteiger partial charge is 0.496 e. The molecule has 2 rings (SSSR count). The number of ketones is 1. The summed E-state index contributed by atoms with van der Waals surface area (Å²) in [7, 11) is 1.58. The topological polar surface area (TPSA) is 26.3 Å². The van der Waals surface area contributed by atoms with Crippen molar-refractivity contribution in [3.8, 4) is 5.75 Å². The molecule has 0 aliphatic rings. The maximum atomic E-state index is 12.2. The summed E-state index contributed by atoms with van der Waals surface area (Å²) in [5.74, 6) is 0.703. The Balaban J connectivity index is 2.26. The number of Topliss-reactive ketones (excluding diaryl/α,β-unsaturated/α-hetero) is 1. The van der Waals surface area contributed by atoms with Gasteiger partial charge >= 0.3 is 0 Å². The Morgan fingerprint density at radius 3 is 2.74 bits per heavy atom. The van der Waals surface area contributed by atoms with Gasteiger partial charge < -0.3 is 4.74 Å². The van der Waals surface area contributed by atoms with Crippen molar-refractivity contribution in [2.24, 2.45) is 0 Å². The van der Waals surface area contributed by atoms with Gasteiger partial charge in [-0.15, -0.1) is 0 Å². The molecule has 0 aromatic heterocycles. The van der Waals surface area contributed by atoms with E-state index in [4.69, 9.17) is 16.3 Å². The lowest BCUT2D eigenvalue weighted by molar-refractivity contribution is 0.0992. The second-order valence-electron chi connectivity index (χ2n) is 4.07. The van der Waals surface area contributed by atoms with Crippen molar-refractivity contribution in [3.63, 3.8) is 0 Å². The highest BCUT2D eigenvalue weighted by Crippen LogP contribution is 2.24. The van der Waals surface area contributed by atoms with Crippen molar-refractivity contribution in [2.75, 3.05) is 7.11 Å². The zero-order valence-electron chi connectivity index (χ0n) is 10.3. The van der Waals surface area contributed by atoms with Gasteiger partial charge in [-0.25, -0.2) is 0 Å². The Hall–Kier alpha value is -1.32. The van der Waals surface area contributed by atoms with E-state index in [0.29, 0.717) is 16.3 Å². The van der Waals surface area contributed by atoms with E-state index in [9.17, 15) is 4.79 Å². The average molecular weight is 340 g/mol. The van der Waals surface area contributed by atoms with Crippen LogP contribution >= 0.6 is 27.5 Å². The number of hydrogen-bond donors (Lipinski definition) is 0. The molecule has 98 valence electrons. The molecule has 0 amide bonds. The summed E-state index contributed by atoms with van der Waals surface area (Å²) in [6, 6.07) is 12.6. The van der Waals surface area contributed by atoms with Crippen LogP contribution in [0.1, 0.15) is 15.9 Å².